The van der Waals surface area contributed by atoms with Crippen LogP contribution >= 0.6 is 0 Å². The van der Waals surface area contributed by atoms with Gasteiger partial charge in [0.25, 0.3) is 5.91 Å². The van der Waals surface area contributed by atoms with Crippen LogP contribution < -0.4 is 10.1 Å². The lowest BCUT2D eigenvalue weighted by atomic mass is 10.2. The number of hydrogen-bond donors (Lipinski definition) is 1. The highest BCUT2D eigenvalue weighted by Crippen LogP contribution is 2.25. The smallest absolute Gasteiger partial charge is 0.405 e. The Labute approximate surface area is 141 Å². The lowest BCUT2D eigenvalue weighted by Gasteiger charge is -2.11. The molecule has 0 radical (unpaired) electrons. The summed E-state index contributed by atoms with van der Waals surface area (Å²) in [6.07, 6.45) is -4.53. The van der Waals surface area contributed by atoms with Crippen molar-refractivity contribution in [3.8, 4) is 11.5 Å². The summed E-state index contributed by atoms with van der Waals surface area (Å²) in [5, 5.41) is 1.61. The molecular weight excluding hydrogens is 339 g/mol. The highest BCUT2D eigenvalue weighted by Gasteiger charge is 2.28. The predicted molar refractivity (Wildman–Crippen MR) is 82.3 cm³/mol. The first-order chi connectivity index (χ1) is 11.8. The number of carbonyl (C=O) groups excluding carboxylic acids is 2. The lowest BCUT2D eigenvalue weighted by Crippen LogP contribution is -2.36. The number of nitrogens with one attached hydrogen (secondary N) is 1. The van der Waals surface area contributed by atoms with Gasteiger partial charge in [-0.25, -0.2) is 4.79 Å². The molecule has 5 nitrogen and oxygen atoms in total. The molecule has 0 aliphatic heterocycles. The van der Waals surface area contributed by atoms with Crippen LogP contribution in [0.1, 0.15) is 10.4 Å². The van der Waals surface area contributed by atoms with E-state index in [2.05, 4.69) is 0 Å². The number of para-hydroxylation sites is 2. The maximum absolute atomic E-state index is 12.1. The molecule has 1 N–H and O–H groups in total. The van der Waals surface area contributed by atoms with E-state index in [1.54, 1.807) is 47.8 Å². The maximum Gasteiger partial charge on any atom is 0.405 e. The van der Waals surface area contributed by atoms with Gasteiger partial charge in [0.2, 0.25) is 0 Å². The Morgan fingerprint density at radius 3 is 2.28 bits per heavy atom. The van der Waals surface area contributed by atoms with Crippen LogP contribution in [0.4, 0.5) is 13.2 Å². The van der Waals surface area contributed by atoms with E-state index >= 15 is 0 Å². The third-order valence-electron chi connectivity index (χ3n) is 2.90. The average molecular weight is 353 g/mol. The van der Waals surface area contributed by atoms with Crippen molar-refractivity contribution >= 4 is 11.9 Å². The number of benzene rings is 2. The molecule has 0 fully saturated rings. The van der Waals surface area contributed by atoms with Crippen LogP contribution in [-0.4, -0.2) is 31.2 Å². The number of rotatable bonds is 6. The molecular formula is C17H14F3NO4. The van der Waals surface area contributed by atoms with Gasteiger partial charge in [-0.05, 0) is 24.3 Å². The Morgan fingerprint density at radius 2 is 1.60 bits per heavy atom. The number of halogens is 3. The first kappa shape index (κ1) is 18.3. The molecule has 0 aromatic heterocycles. The average Bonchev–Trinajstić information content (AvgIpc) is 2.58. The van der Waals surface area contributed by atoms with E-state index < -0.39 is 31.2 Å². The lowest BCUT2D eigenvalue weighted by molar-refractivity contribution is -0.140. The normalized spacial score (nSPS) is 10.8. The van der Waals surface area contributed by atoms with Crippen molar-refractivity contribution in [1.29, 1.82) is 0 Å². The van der Waals surface area contributed by atoms with Gasteiger partial charge in [0.15, 0.2) is 6.61 Å². The number of amides is 1. The van der Waals surface area contributed by atoms with Gasteiger partial charge in [-0.15, -0.1) is 0 Å². The molecule has 0 aliphatic carbocycles. The van der Waals surface area contributed by atoms with E-state index in [0.717, 1.165) is 0 Å². The van der Waals surface area contributed by atoms with Crippen LogP contribution in [-0.2, 0) is 9.53 Å². The van der Waals surface area contributed by atoms with E-state index in [9.17, 15) is 22.8 Å². The van der Waals surface area contributed by atoms with E-state index in [4.69, 9.17) is 9.47 Å². The number of esters is 1. The van der Waals surface area contributed by atoms with Gasteiger partial charge in [0.1, 0.15) is 23.6 Å². The van der Waals surface area contributed by atoms with Crippen LogP contribution in [0.3, 0.4) is 0 Å². The van der Waals surface area contributed by atoms with Crippen LogP contribution in [0.5, 0.6) is 11.5 Å². The maximum atomic E-state index is 12.1. The van der Waals surface area contributed by atoms with E-state index in [-0.39, 0.29) is 11.3 Å². The van der Waals surface area contributed by atoms with Gasteiger partial charge in [0, 0.05) is 0 Å². The third-order valence-corrected chi connectivity index (χ3v) is 2.90. The zero-order chi connectivity index (χ0) is 18.3. The summed E-state index contributed by atoms with van der Waals surface area (Å²) >= 11 is 0. The van der Waals surface area contributed by atoms with Gasteiger partial charge in [-0.1, -0.05) is 30.3 Å². The van der Waals surface area contributed by atoms with Crippen molar-refractivity contribution in [2.75, 3.05) is 13.2 Å². The van der Waals surface area contributed by atoms with Gasteiger partial charge < -0.3 is 14.8 Å². The second-order valence-corrected chi connectivity index (χ2v) is 4.88. The van der Waals surface area contributed by atoms with Gasteiger partial charge >= 0.3 is 12.1 Å². The van der Waals surface area contributed by atoms with Crippen LogP contribution in [0.2, 0.25) is 0 Å². The Balaban J connectivity index is 1.97. The third kappa shape index (κ3) is 6.17. The van der Waals surface area contributed by atoms with Crippen LogP contribution in [0.25, 0.3) is 0 Å². The minimum absolute atomic E-state index is 0.0509. The molecule has 25 heavy (non-hydrogen) atoms. The standard InChI is InChI=1S/C17H14F3NO4/c18-17(19,20)11-21-15(22)10-24-16(23)13-8-4-5-9-14(13)25-12-6-2-1-3-7-12/h1-9H,10-11H2,(H,21,22). The number of ether oxygens (including phenoxy) is 2. The molecule has 0 aliphatic rings. The molecule has 2 aromatic rings. The Morgan fingerprint density at radius 1 is 0.960 bits per heavy atom. The quantitative estimate of drug-likeness (QED) is 0.810. The second-order valence-electron chi connectivity index (χ2n) is 4.88. The first-order valence-electron chi connectivity index (χ1n) is 7.17. The van der Waals surface area contributed by atoms with Crippen LogP contribution in [0, 0.1) is 0 Å². The minimum atomic E-state index is -4.53. The largest absolute Gasteiger partial charge is 0.456 e. The molecule has 132 valence electrons. The molecule has 0 heterocycles. The Hall–Kier alpha value is -3.03. The van der Waals surface area contributed by atoms with Crippen LogP contribution in [0.15, 0.2) is 54.6 Å². The highest BCUT2D eigenvalue weighted by molar-refractivity contribution is 5.94. The molecule has 2 rings (SSSR count). The zero-order valence-corrected chi connectivity index (χ0v) is 12.9. The summed E-state index contributed by atoms with van der Waals surface area (Å²) in [6, 6.07) is 14.8. The monoisotopic (exact) mass is 353 g/mol. The second kappa shape index (κ2) is 8.18. The van der Waals surface area contributed by atoms with Crippen molar-refractivity contribution in [2.24, 2.45) is 0 Å². The predicted octanol–water partition coefficient (Wildman–Crippen LogP) is 3.31. The number of hydrogen-bond acceptors (Lipinski definition) is 4. The Bertz CT molecular complexity index is 732. The Kier molecular flexibility index (Phi) is 5.99. The summed E-state index contributed by atoms with van der Waals surface area (Å²) in [5.41, 5.74) is 0.0509. The van der Waals surface area contributed by atoms with Gasteiger partial charge in [-0.3, -0.25) is 4.79 Å². The molecule has 0 atom stereocenters. The molecule has 2 aromatic carbocycles. The van der Waals surface area contributed by atoms with Gasteiger partial charge in [-0.2, -0.15) is 13.2 Å². The van der Waals surface area contributed by atoms with E-state index in [1.165, 1.54) is 12.1 Å². The summed E-state index contributed by atoms with van der Waals surface area (Å²) in [7, 11) is 0. The van der Waals surface area contributed by atoms with E-state index in [1.807, 2.05) is 0 Å². The molecule has 0 saturated heterocycles. The summed E-state index contributed by atoms with van der Waals surface area (Å²) < 4.78 is 46.3. The fraction of sp³-hybridized carbons (Fsp3) is 0.176. The number of alkyl halides is 3. The molecule has 0 spiro atoms. The molecule has 8 heteroatoms. The van der Waals surface area contributed by atoms with Crippen molar-refractivity contribution in [3.63, 3.8) is 0 Å². The van der Waals surface area contributed by atoms with Crippen molar-refractivity contribution in [2.45, 2.75) is 6.18 Å². The fourth-order valence-corrected chi connectivity index (χ4v) is 1.80. The number of carbonyl (C=O) groups is 2. The fourth-order valence-electron chi connectivity index (χ4n) is 1.80. The summed E-state index contributed by atoms with van der Waals surface area (Å²) in [6.45, 7) is -2.31. The highest BCUT2D eigenvalue weighted by atomic mass is 19.4. The molecule has 0 unspecified atom stereocenters. The summed E-state index contributed by atoms with van der Waals surface area (Å²) in [4.78, 5) is 23.3. The SMILES string of the molecule is O=C(COC(=O)c1ccccc1Oc1ccccc1)NCC(F)(F)F. The van der Waals surface area contributed by atoms with Crippen molar-refractivity contribution in [3.05, 3.63) is 60.2 Å². The molecule has 0 saturated carbocycles. The first-order valence-corrected chi connectivity index (χ1v) is 7.17. The summed E-state index contributed by atoms with van der Waals surface area (Å²) in [5.74, 6) is -1.24. The minimum Gasteiger partial charge on any atom is -0.456 e. The molecule has 0 bridgehead atoms. The molecule has 1 amide bonds. The van der Waals surface area contributed by atoms with E-state index in [0.29, 0.717) is 5.75 Å². The van der Waals surface area contributed by atoms with Crippen molar-refractivity contribution in [1.82, 2.24) is 5.32 Å². The van der Waals surface area contributed by atoms with Gasteiger partial charge in [0.05, 0.1) is 0 Å². The van der Waals surface area contributed by atoms with Crippen molar-refractivity contribution < 1.29 is 32.2 Å². The zero-order valence-electron chi connectivity index (χ0n) is 12.9. The topological polar surface area (TPSA) is 64.6 Å².